The summed E-state index contributed by atoms with van der Waals surface area (Å²) in [6.45, 7) is 2.45. The van der Waals surface area contributed by atoms with Crippen LogP contribution in [0.3, 0.4) is 0 Å². The molecule has 0 unspecified atom stereocenters. The molecule has 0 radical (unpaired) electrons. The van der Waals surface area contributed by atoms with E-state index >= 15 is 0 Å². The second-order valence-electron chi connectivity index (χ2n) is 8.47. The van der Waals surface area contributed by atoms with Crippen LogP contribution in [-0.2, 0) is 6.61 Å². The number of methoxy groups -OCH3 is 2. The number of benzene rings is 4. The average molecular weight is 477 g/mol. The van der Waals surface area contributed by atoms with E-state index in [4.69, 9.17) is 19.3 Å². The number of aryl methyl sites for hydroxylation is 1. The lowest BCUT2D eigenvalue weighted by atomic mass is 10.0. The summed E-state index contributed by atoms with van der Waals surface area (Å²) in [4.78, 5) is 0. The Labute approximate surface area is 211 Å². The molecule has 4 aromatic carbocycles. The Hall–Kier alpha value is -4.51. The highest BCUT2D eigenvalue weighted by Gasteiger charge is 2.15. The molecule has 0 fully saturated rings. The molecule has 0 saturated heterocycles. The highest BCUT2D eigenvalue weighted by atomic mass is 16.5. The minimum Gasteiger partial charge on any atom is -0.497 e. The van der Waals surface area contributed by atoms with Gasteiger partial charge in [0.2, 0.25) is 0 Å². The van der Waals surface area contributed by atoms with Crippen LogP contribution in [0.25, 0.3) is 28.1 Å². The topological polar surface area (TPSA) is 45.5 Å². The van der Waals surface area contributed by atoms with Crippen molar-refractivity contribution in [2.45, 2.75) is 13.5 Å². The highest BCUT2D eigenvalue weighted by Crippen LogP contribution is 2.36. The summed E-state index contributed by atoms with van der Waals surface area (Å²) in [6, 6.07) is 34.6. The Morgan fingerprint density at radius 1 is 0.694 bits per heavy atom. The van der Waals surface area contributed by atoms with E-state index < -0.39 is 0 Å². The van der Waals surface area contributed by atoms with Gasteiger partial charge < -0.3 is 14.2 Å². The molecule has 5 aromatic rings. The molecule has 5 rings (SSSR count). The summed E-state index contributed by atoms with van der Waals surface area (Å²) < 4.78 is 19.0. The molecular formula is C31H28N2O3. The van der Waals surface area contributed by atoms with Gasteiger partial charge >= 0.3 is 0 Å². The quantitative estimate of drug-likeness (QED) is 0.239. The Balaban J connectivity index is 1.47. The predicted molar refractivity (Wildman–Crippen MR) is 143 cm³/mol. The molecule has 1 heterocycles. The van der Waals surface area contributed by atoms with Gasteiger partial charge in [0.05, 0.1) is 31.3 Å². The van der Waals surface area contributed by atoms with Gasteiger partial charge in [-0.3, -0.25) is 0 Å². The zero-order valence-corrected chi connectivity index (χ0v) is 20.6. The number of ether oxygens (including phenoxy) is 3. The van der Waals surface area contributed by atoms with E-state index in [9.17, 15) is 0 Å². The van der Waals surface area contributed by atoms with Crippen LogP contribution in [0.4, 0.5) is 0 Å². The molecule has 0 amide bonds. The molecule has 5 nitrogen and oxygen atoms in total. The molecule has 0 bridgehead atoms. The van der Waals surface area contributed by atoms with Crippen LogP contribution >= 0.6 is 0 Å². The van der Waals surface area contributed by atoms with Crippen molar-refractivity contribution in [1.82, 2.24) is 9.78 Å². The first-order valence-corrected chi connectivity index (χ1v) is 11.8. The van der Waals surface area contributed by atoms with Crippen molar-refractivity contribution in [3.8, 4) is 45.3 Å². The number of nitrogens with zero attached hydrogens (tertiary/aromatic N) is 2. The third-order valence-electron chi connectivity index (χ3n) is 6.06. The summed E-state index contributed by atoms with van der Waals surface area (Å²) in [7, 11) is 3.32. The Morgan fingerprint density at radius 3 is 2.19 bits per heavy atom. The molecule has 0 N–H and O–H groups in total. The number of aromatic nitrogens is 2. The minimum atomic E-state index is 0.434. The lowest BCUT2D eigenvalue weighted by Crippen LogP contribution is -2.02. The monoisotopic (exact) mass is 476 g/mol. The molecule has 0 spiro atoms. The lowest BCUT2D eigenvalue weighted by molar-refractivity contribution is 0.284. The first-order chi connectivity index (χ1) is 17.7. The molecule has 36 heavy (non-hydrogen) atoms. The maximum Gasteiger partial charge on any atom is 0.161 e. The van der Waals surface area contributed by atoms with Crippen molar-refractivity contribution in [3.05, 3.63) is 114 Å². The summed E-state index contributed by atoms with van der Waals surface area (Å²) in [6.07, 6.45) is 0. The van der Waals surface area contributed by atoms with Gasteiger partial charge in [0.1, 0.15) is 12.4 Å². The fourth-order valence-electron chi connectivity index (χ4n) is 4.24. The van der Waals surface area contributed by atoms with Gasteiger partial charge in [0, 0.05) is 11.1 Å². The Kier molecular flexibility index (Phi) is 6.72. The third-order valence-corrected chi connectivity index (χ3v) is 6.06. The van der Waals surface area contributed by atoms with Gasteiger partial charge in [-0.25, -0.2) is 4.68 Å². The van der Waals surface area contributed by atoms with E-state index in [2.05, 4.69) is 36.4 Å². The van der Waals surface area contributed by atoms with Gasteiger partial charge in [-0.1, -0.05) is 66.7 Å². The first-order valence-electron chi connectivity index (χ1n) is 11.8. The van der Waals surface area contributed by atoms with Crippen LogP contribution in [0, 0.1) is 6.92 Å². The van der Waals surface area contributed by atoms with E-state index in [1.54, 1.807) is 14.2 Å². The summed E-state index contributed by atoms with van der Waals surface area (Å²) in [5, 5.41) is 4.83. The van der Waals surface area contributed by atoms with Crippen LogP contribution < -0.4 is 14.2 Å². The number of para-hydroxylation sites is 1. The molecule has 0 atom stereocenters. The zero-order valence-electron chi connectivity index (χ0n) is 20.6. The van der Waals surface area contributed by atoms with Gasteiger partial charge in [-0.15, -0.1) is 0 Å². The van der Waals surface area contributed by atoms with Crippen molar-refractivity contribution in [3.63, 3.8) is 0 Å². The van der Waals surface area contributed by atoms with Gasteiger partial charge in [-0.2, -0.15) is 5.10 Å². The van der Waals surface area contributed by atoms with Crippen LogP contribution in [-0.4, -0.2) is 24.0 Å². The first kappa shape index (κ1) is 23.2. The molecule has 1 aromatic heterocycles. The highest BCUT2D eigenvalue weighted by molar-refractivity contribution is 5.77. The molecule has 0 saturated carbocycles. The van der Waals surface area contributed by atoms with Crippen LogP contribution in [0.2, 0.25) is 0 Å². The maximum absolute atomic E-state index is 6.09. The zero-order chi connectivity index (χ0) is 24.9. The van der Waals surface area contributed by atoms with Gasteiger partial charge in [-0.05, 0) is 54.4 Å². The van der Waals surface area contributed by atoms with Crippen molar-refractivity contribution in [2.75, 3.05) is 14.2 Å². The Bertz CT molecular complexity index is 1460. The second kappa shape index (κ2) is 10.4. The minimum absolute atomic E-state index is 0.434. The van der Waals surface area contributed by atoms with Crippen molar-refractivity contribution < 1.29 is 14.2 Å². The standard InChI is InChI=1S/C31H28N2O3/c1-22-19-29(24-9-5-4-6-10-24)33(32-22)28-12-8-7-11-27(28)25-15-18-30(31(20-25)35-3)36-21-23-13-16-26(34-2)17-14-23/h4-20H,21H2,1-3H3. The normalized spacial score (nSPS) is 10.8. The molecule has 5 heteroatoms. The van der Waals surface area contributed by atoms with Gasteiger partial charge in [0.15, 0.2) is 11.5 Å². The number of hydrogen-bond donors (Lipinski definition) is 0. The predicted octanol–water partition coefficient (Wildman–Crippen LogP) is 7.11. The van der Waals surface area contributed by atoms with Crippen molar-refractivity contribution in [1.29, 1.82) is 0 Å². The Morgan fingerprint density at radius 2 is 1.44 bits per heavy atom. The van der Waals surface area contributed by atoms with Crippen LogP contribution in [0.5, 0.6) is 17.2 Å². The summed E-state index contributed by atoms with van der Waals surface area (Å²) in [5.74, 6) is 2.19. The van der Waals surface area contributed by atoms with E-state index in [-0.39, 0.29) is 0 Å². The van der Waals surface area contributed by atoms with Crippen LogP contribution in [0.15, 0.2) is 103 Å². The average Bonchev–Trinajstić information content (AvgIpc) is 3.34. The smallest absolute Gasteiger partial charge is 0.161 e. The fourth-order valence-corrected chi connectivity index (χ4v) is 4.24. The molecule has 0 aliphatic carbocycles. The van der Waals surface area contributed by atoms with E-state index in [0.717, 1.165) is 45.1 Å². The summed E-state index contributed by atoms with van der Waals surface area (Å²) >= 11 is 0. The van der Waals surface area contributed by atoms with E-state index in [0.29, 0.717) is 18.1 Å². The van der Waals surface area contributed by atoms with Crippen molar-refractivity contribution in [2.24, 2.45) is 0 Å². The van der Waals surface area contributed by atoms with E-state index in [1.807, 2.05) is 78.3 Å². The van der Waals surface area contributed by atoms with E-state index in [1.165, 1.54) is 0 Å². The van der Waals surface area contributed by atoms with Gasteiger partial charge in [0.25, 0.3) is 0 Å². The summed E-state index contributed by atoms with van der Waals surface area (Å²) in [5.41, 5.74) is 7.25. The number of hydrogen-bond acceptors (Lipinski definition) is 4. The molecular weight excluding hydrogens is 448 g/mol. The van der Waals surface area contributed by atoms with Crippen molar-refractivity contribution >= 4 is 0 Å². The fraction of sp³-hybridized carbons (Fsp3) is 0.129. The maximum atomic E-state index is 6.09. The molecule has 0 aliphatic rings. The third kappa shape index (κ3) is 4.82. The molecule has 0 aliphatic heterocycles. The molecule has 180 valence electrons. The lowest BCUT2D eigenvalue weighted by Gasteiger charge is -2.16. The number of rotatable bonds is 8. The second-order valence-corrected chi connectivity index (χ2v) is 8.47. The van der Waals surface area contributed by atoms with Crippen LogP contribution in [0.1, 0.15) is 11.3 Å². The largest absolute Gasteiger partial charge is 0.497 e. The SMILES string of the molecule is COc1ccc(COc2ccc(-c3ccccc3-n3nc(C)cc3-c3ccccc3)cc2OC)cc1.